The molecule has 1 aromatic carbocycles. The maximum Gasteiger partial charge on any atom is 0.0235 e. The molecule has 1 aliphatic heterocycles. The van der Waals surface area contributed by atoms with E-state index in [9.17, 15) is 0 Å². The minimum absolute atomic E-state index is 0.622. The lowest BCUT2D eigenvalue weighted by Crippen LogP contribution is -2.51. The molecule has 1 atom stereocenters. The van der Waals surface area contributed by atoms with E-state index in [0.29, 0.717) is 6.04 Å². The summed E-state index contributed by atoms with van der Waals surface area (Å²) in [6.07, 6.45) is 5.27. The second-order valence-electron chi connectivity index (χ2n) is 6.53. The van der Waals surface area contributed by atoms with Crippen LogP contribution in [0.25, 0.3) is 0 Å². The summed E-state index contributed by atoms with van der Waals surface area (Å²) >= 11 is 0. The van der Waals surface area contributed by atoms with Crippen LogP contribution >= 0.6 is 0 Å². The van der Waals surface area contributed by atoms with Crippen LogP contribution in [0, 0.1) is 5.92 Å². The fourth-order valence-corrected chi connectivity index (χ4v) is 3.02. The Labute approximate surface area is 124 Å². The van der Waals surface area contributed by atoms with Gasteiger partial charge in [0.05, 0.1) is 0 Å². The number of benzene rings is 1. The highest BCUT2D eigenvalue weighted by Crippen LogP contribution is 2.10. The minimum atomic E-state index is 0.622. The third-order valence-electron chi connectivity index (χ3n) is 4.17. The molecule has 1 unspecified atom stereocenters. The van der Waals surface area contributed by atoms with E-state index >= 15 is 0 Å². The normalized spacial score (nSPS) is 20.4. The summed E-state index contributed by atoms with van der Waals surface area (Å²) in [6, 6.07) is 11.5. The first-order valence-corrected chi connectivity index (χ1v) is 8.23. The van der Waals surface area contributed by atoms with E-state index in [1.165, 1.54) is 44.5 Å². The molecular weight excluding hydrogens is 244 g/mol. The Morgan fingerprint density at radius 1 is 1.20 bits per heavy atom. The van der Waals surface area contributed by atoms with Gasteiger partial charge in [-0.15, -0.1) is 0 Å². The molecule has 0 bridgehead atoms. The SMILES string of the molecule is CC(C)CCCCN1CCNC(Cc2ccccc2)C1. The van der Waals surface area contributed by atoms with E-state index in [-0.39, 0.29) is 0 Å². The average Bonchev–Trinajstić information content (AvgIpc) is 2.45. The highest BCUT2D eigenvalue weighted by molar-refractivity contribution is 5.16. The third kappa shape index (κ3) is 5.64. The Morgan fingerprint density at radius 3 is 2.75 bits per heavy atom. The molecule has 0 radical (unpaired) electrons. The predicted molar refractivity (Wildman–Crippen MR) is 87.1 cm³/mol. The van der Waals surface area contributed by atoms with E-state index < -0.39 is 0 Å². The fraction of sp³-hybridized carbons (Fsp3) is 0.667. The lowest BCUT2D eigenvalue weighted by molar-refractivity contribution is 0.195. The molecule has 1 fully saturated rings. The van der Waals surface area contributed by atoms with E-state index in [1.807, 2.05) is 0 Å². The maximum atomic E-state index is 3.66. The standard InChI is InChI=1S/C18H30N2/c1-16(2)8-6-7-12-20-13-11-19-18(15-20)14-17-9-4-3-5-10-17/h3-5,9-10,16,18-19H,6-8,11-15H2,1-2H3. The van der Waals surface area contributed by atoms with Crippen molar-refractivity contribution in [1.82, 2.24) is 10.2 Å². The van der Waals surface area contributed by atoms with Gasteiger partial charge in [-0.2, -0.15) is 0 Å². The lowest BCUT2D eigenvalue weighted by Gasteiger charge is -2.34. The summed E-state index contributed by atoms with van der Waals surface area (Å²) in [6.45, 7) is 9.48. The second kappa shape index (κ2) is 8.43. The van der Waals surface area contributed by atoms with Crippen LogP contribution in [0.3, 0.4) is 0 Å². The van der Waals surface area contributed by atoms with Gasteiger partial charge in [0.1, 0.15) is 0 Å². The van der Waals surface area contributed by atoms with Crippen LogP contribution < -0.4 is 5.32 Å². The number of hydrogen-bond donors (Lipinski definition) is 1. The van der Waals surface area contributed by atoms with Gasteiger partial charge in [-0.25, -0.2) is 0 Å². The van der Waals surface area contributed by atoms with E-state index in [4.69, 9.17) is 0 Å². The Bertz CT molecular complexity index is 361. The second-order valence-corrected chi connectivity index (χ2v) is 6.53. The predicted octanol–water partition coefficient (Wildman–Crippen LogP) is 3.33. The molecule has 1 aromatic rings. The number of unbranched alkanes of at least 4 members (excludes halogenated alkanes) is 1. The first-order valence-electron chi connectivity index (χ1n) is 8.23. The Kier molecular flexibility index (Phi) is 6.55. The van der Waals surface area contributed by atoms with Crippen LogP contribution in [0.4, 0.5) is 0 Å². The quantitative estimate of drug-likeness (QED) is 0.767. The van der Waals surface area contributed by atoms with E-state index in [2.05, 4.69) is 54.4 Å². The van der Waals surface area contributed by atoms with Crippen LogP contribution in [-0.4, -0.2) is 37.1 Å². The molecule has 2 rings (SSSR count). The third-order valence-corrected chi connectivity index (χ3v) is 4.17. The minimum Gasteiger partial charge on any atom is -0.311 e. The van der Waals surface area contributed by atoms with Crippen molar-refractivity contribution in [2.24, 2.45) is 5.92 Å². The van der Waals surface area contributed by atoms with E-state index in [0.717, 1.165) is 18.9 Å². The Hall–Kier alpha value is -0.860. The molecular formula is C18H30N2. The van der Waals surface area contributed by atoms with Crippen molar-refractivity contribution in [1.29, 1.82) is 0 Å². The van der Waals surface area contributed by atoms with Crippen molar-refractivity contribution in [3.05, 3.63) is 35.9 Å². The lowest BCUT2D eigenvalue weighted by atomic mass is 10.0. The van der Waals surface area contributed by atoms with Gasteiger partial charge in [0, 0.05) is 25.7 Å². The maximum absolute atomic E-state index is 3.66. The first-order chi connectivity index (χ1) is 9.74. The van der Waals surface area contributed by atoms with Gasteiger partial charge in [-0.05, 0) is 30.9 Å². The molecule has 0 spiro atoms. The largest absolute Gasteiger partial charge is 0.311 e. The van der Waals surface area contributed by atoms with Crippen molar-refractivity contribution in [3.63, 3.8) is 0 Å². The van der Waals surface area contributed by atoms with Crippen molar-refractivity contribution in [2.45, 2.75) is 45.6 Å². The summed E-state index contributed by atoms with van der Waals surface area (Å²) < 4.78 is 0. The molecule has 112 valence electrons. The van der Waals surface area contributed by atoms with Crippen molar-refractivity contribution >= 4 is 0 Å². The summed E-state index contributed by atoms with van der Waals surface area (Å²) in [4.78, 5) is 2.64. The van der Waals surface area contributed by atoms with Gasteiger partial charge < -0.3 is 10.2 Å². The van der Waals surface area contributed by atoms with Crippen LogP contribution in [-0.2, 0) is 6.42 Å². The molecule has 0 aliphatic carbocycles. The first kappa shape index (κ1) is 15.5. The zero-order valence-corrected chi connectivity index (χ0v) is 13.1. The summed E-state index contributed by atoms with van der Waals surface area (Å²) in [5.41, 5.74) is 1.45. The van der Waals surface area contributed by atoms with E-state index in [1.54, 1.807) is 0 Å². The summed E-state index contributed by atoms with van der Waals surface area (Å²) in [5.74, 6) is 0.851. The van der Waals surface area contributed by atoms with Crippen molar-refractivity contribution < 1.29 is 0 Å². The van der Waals surface area contributed by atoms with Crippen molar-refractivity contribution in [2.75, 3.05) is 26.2 Å². The topological polar surface area (TPSA) is 15.3 Å². The van der Waals surface area contributed by atoms with Gasteiger partial charge >= 0.3 is 0 Å². The zero-order chi connectivity index (χ0) is 14.2. The van der Waals surface area contributed by atoms with Crippen LogP contribution in [0.2, 0.25) is 0 Å². The van der Waals surface area contributed by atoms with Crippen LogP contribution in [0.1, 0.15) is 38.7 Å². The highest BCUT2D eigenvalue weighted by atomic mass is 15.2. The van der Waals surface area contributed by atoms with Gasteiger partial charge in [-0.3, -0.25) is 0 Å². The number of piperazine rings is 1. The van der Waals surface area contributed by atoms with Gasteiger partial charge in [0.2, 0.25) is 0 Å². The number of nitrogens with one attached hydrogen (secondary N) is 1. The van der Waals surface area contributed by atoms with Crippen molar-refractivity contribution in [3.8, 4) is 0 Å². The molecule has 1 heterocycles. The Balaban J connectivity index is 1.69. The highest BCUT2D eigenvalue weighted by Gasteiger charge is 2.18. The molecule has 2 heteroatoms. The smallest absolute Gasteiger partial charge is 0.0235 e. The van der Waals surface area contributed by atoms with Gasteiger partial charge in [-0.1, -0.05) is 57.0 Å². The molecule has 1 N–H and O–H groups in total. The molecule has 20 heavy (non-hydrogen) atoms. The monoisotopic (exact) mass is 274 g/mol. The molecule has 2 nitrogen and oxygen atoms in total. The van der Waals surface area contributed by atoms with Gasteiger partial charge in [0.15, 0.2) is 0 Å². The molecule has 1 aliphatic rings. The zero-order valence-electron chi connectivity index (χ0n) is 13.1. The molecule has 0 amide bonds. The average molecular weight is 274 g/mol. The van der Waals surface area contributed by atoms with Crippen LogP contribution in [0.5, 0.6) is 0 Å². The number of nitrogens with zero attached hydrogens (tertiary/aromatic N) is 1. The summed E-state index contributed by atoms with van der Waals surface area (Å²) in [7, 11) is 0. The summed E-state index contributed by atoms with van der Waals surface area (Å²) in [5, 5.41) is 3.66. The number of hydrogen-bond acceptors (Lipinski definition) is 2. The fourth-order valence-electron chi connectivity index (χ4n) is 3.02. The van der Waals surface area contributed by atoms with Gasteiger partial charge in [0.25, 0.3) is 0 Å². The molecule has 1 saturated heterocycles. The molecule has 0 aromatic heterocycles. The molecule has 0 saturated carbocycles. The number of rotatable bonds is 7. The Morgan fingerprint density at radius 2 is 2.00 bits per heavy atom. The van der Waals surface area contributed by atoms with Crippen LogP contribution in [0.15, 0.2) is 30.3 Å².